The highest BCUT2D eigenvalue weighted by atomic mass is 35.5. The smallest absolute Gasteiger partial charge is 0.282 e. The van der Waals surface area contributed by atoms with Gasteiger partial charge < -0.3 is 9.64 Å². The summed E-state index contributed by atoms with van der Waals surface area (Å²) in [5.41, 5.74) is 2.25. The van der Waals surface area contributed by atoms with Gasteiger partial charge in [0.25, 0.3) is 11.6 Å². The van der Waals surface area contributed by atoms with Gasteiger partial charge in [0.2, 0.25) is 0 Å². The third-order valence-electron chi connectivity index (χ3n) is 7.18. The van der Waals surface area contributed by atoms with Gasteiger partial charge >= 0.3 is 0 Å². The van der Waals surface area contributed by atoms with E-state index in [1.54, 1.807) is 53.4 Å². The molecule has 40 heavy (non-hydrogen) atoms. The second kappa shape index (κ2) is 11.8. The van der Waals surface area contributed by atoms with E-state index in [1.165, 1.54) is 6.07 Å². The summed E-state index contributed by atoms with van der Waals surface area (Å²) < 4.78 is 7.06. The number of aromatic nitrogens is 4. The van der Waals surface area contributed by atoms with Gasteiger partial charge in [0, 0.05) is 42.2 Å². The first kappa shape index (κ1) is 27.3. The van der Waals surface area contributed by atoms with E-state index in [0.29, 0.717) is 35.5 Å². The maximum absolute atomic E-state index is 13.9. The lowest BCUT2D eigenvalue weighted by Gasteiger charge is -2.29. The van der Waals surface area contributed by atoms with Gasteiger partial charge in [0.15, 0.2) is 11.6 Å². The van der Waals surface area contributed by atoms with Crippen molar-refractivity contribution in [2.24, 2.45) is 0 Å². The normalized spacial score (nSPS) is 13.4. The molecule has 11 heteroatoms. The minimum Gasteiger partial charge on any atom is -0.495 e. The van der Waals surface area contributed by atoms with E-state index in [1.807, 2.05) is 25.1 Å². The Labute approximate surface area is 236 Å². The van der Waals surface area contributed by atoms with E-state index in [4.69, 9.17) is 26.4 Å². The molecule has 4 aromatic rings. The second-order valence-electron chi connectivity index (χ2n) is 9.78. The number of pyridine rings is 1. The van der Waals surface area contributed by atoms with Crippen LogP contribution in [0.1, 0.15) is 41.6 Å². The van der Waals surface area contributed by atoms with Crippen molar-refractivity contribution in [1.29, 1.82) is 0 Å². The number of carbonyl (C=O) groups excluding carboxylic acids is 1. The van der Waals surface area contributed by atoms with Crippen LogP contribution in [0, 0.1) is 17.0 Å². The summed E-state index contributed by atoms with van der Waals surface area (Å²) in [5.74, 6) is 1.29. The zero-order valence-corrected chi connectivity index (χ0v) is 23.0. The molecule has 1 saturated carbocycles. The zero-order valence-electron chi connectivity index (χ0n) is 22.3. The van der Waals surface area contributed by atoms with Crippen LogP contribution in [0.2, 0.25) is 5.02 Å². The fourth-order valence-corrected chi connectivity index (χ4v) is 5.40. The Morgan fingerprint density at radius 2 is 1.88 bits per heavy atom. The molecule has 2 aromatic carbocycles. The number of hydrogen-bond acceptors (Lipinski definition) is 7. The molecule has 0 unspecified atom stereocenters. The zero-order chi connectivity index (χ0) is 28.2. The van der Waals surface area contributed by atoms with Crippen LogP contribution >= 0.6 is 11.6 Å². The van der Waals surface area contributed by atoms with Gasteiger partial charge in [-0.1, -0.05) is 30.5 Å². The van der Waals surface area contributed by atoms with Gasteiger partial charge in [-0.15, -0.1) is 0 Å². The molecule has 10 nitrogen and oxygen atoms in total. The summed E-state index contributed by atoms with van der Waals surface area (Å²) in [5, 5.41) is 17.0. The highest BCUT2D eigenvalue weighted by molar-refractivity contribution is 6.32. The lowest BCUT2D eigenvalue weighted by molar-refractivity contribution is -0.385. The molecule has 1 amide bonds. The third kappa shape index (κ3) is 5.67. The molecule has 206 valence electrons. The van der Waals surface area contributed by atoms with E-state index < -0.39 is 4.92 Å². The molecular weight excluding hydrogens is 532 g/mol. The van der Waals surface area contributed by atoms with Crippen molar-refractivity contribution in [1.82, 2.24) is 24.6 Å². The molecule has 0 atom stereocenters. The minimum atomic E-state index is -0.497. The number of nitro groups is 1. The number of rotatable bonds is 9. The Kier molecular flexibility index (Phi) is 8.06. The quantitative estimate of drug-likeness (QED) is 0.183. The van der Waals surface area contributed by atoms with Crippen molar-refractivity contribution in [2.45, 2.75) is 45.2 Å². The molecule has 1 aliphatic rings. The van der Waals surface area contributed by atoms with E-state index >= 15 is 0 Å². The van der Waals surface area contributed by atoms with Crippen molar-refractivity contribution in [3.05, 3.63) is 87.2 Å². The predicted octanol–water partition coefficient (Wildman–Crippen LogP) is 5.97. The van der Waals surface area contributed by atoms with Crippen LogP contribution in [0.15, 0.2) is 60.9 Å². The van der Waals surface area contributed by atoms with Gasteiger partial charge in [0.05, 0.1) is 23.6 Å². The lowest BCUT2D eigenvalue weighted by atomic mass is 10.1. The van der Waals surface area contributed by atoms with Crippen molar-refractivity contribution in [3.63, 3.8) is 0 Å². The third-order valence-corrected chi connectivity index (χ3v) is 7.47. The Hall–Kier alpha value is -4.31. The van der Waals surface area contributed by atoms with Crippen molar-refractivity contribution in [2.75, 3.05) is 13.7 Å². The minimum absolute atomic E-state index is 0.00492. The molecule has 0 radical (unpaired) electrons. The summed E-state index contributed by atoms with van der Waals surface area (Å²) in [6.07, 6.45) is 7.08. The molecule has 2 aromatic heterocycles. The van der Waals surface area contributed by atoms with E-state index in [0.717, 1.165) is 42.4 Å². The largest absolute Gasteiger partial charge is 0.495 e. The maximum atomic E-state index is 13.9. The van der Waals surface area contributed by atoms with Crippen molar-refractivity contribution < 1.29 is 14.5 Å². The molecular formula is C29H29ClN6O4. The molecule has 0 N–H and O–H groups in total. The highest BCUT2D eigenvalue weighted by Gasteiger charge is 2.31. The van der Waals surface area contributed by atoms with Crippen LogP contribution in [0.5, 0.6) is 5.75 Å². The molecule has 1 aliphatic carbocycles. The standard InChI is InChI=1S/C29H29ClN6O4/c1-19-7-9-25(36(38)39)23(17-19)29(37)34(22-5-3-4-6-22)15-16-35-28(21-8-10-26(40-2)24(30)18-21)32-27(33-35)20-11-13-31-14-12-20/h7-14,17-18,22H,3-6,15-16H2,1-2H3. The topological polar surface area (TPSA) is 116 Å². The van der Waals surface area contributed by atoms with Crippen LogP contribution in [0.4, 0.5) is 5.69 Å². The number of methoxy groups -OCH3 is 1. The molecule has 2 heterocycles. The fraction of sp³-hybridized carbons (Fsp3) is 0.310. The van der Waals surface area contributed by atoms with Crippen LogP contribution in [0.25, 0.3) is 22.8 Å². The van der Waals surface area contributed by atoms with Crippen LogP contribution in [-0.4, -0.2) is 55.2 Å². The summed E-state index contributed by atoms with van der Waals surface area (Å²) in [7, 11) is 1.55. The predicted molar refractivity (Wildman–Crippen MR) is 151 cm³/mol. The Morgan fingerprint density at radius 3 is 2.55 bits per heavy atom. The lowest BCUT2D eigenvalue weighted by Crippen LogP contribution is -2.41. The monoisotopic (exact) mass is 560 g/mol. The van der Waals surface area contributed by atoms with E-state index in [2.05, 4.69) is 4.98 Å². The van der Waals surface area contributed by atoms with E-state index in [9.17, 15) is 14.9 Å². The highest BCUT2D eigenvalue weighted by Crippen LogP contribution is 2.32. The molecule has 0 bridgehead atoms. The molecule has 1 fully saturated rings. The summed E-state index contributed by atoms with van der Waals surface area (Å²) in [4.78, 5) is 35.8. The summed E-state index contributed by atoms with van der Waals surface area (Å²) in [6.45, 7) is 2.46. The van der Waals surface area contributed by atoms with Gasteiger partial charge in [-0.3, -0.25) is 19.9 Å². The molecule has 5 rings (SSSR count). The summed E-state index contributed by atoms with van der Waals surface area (Å²) in [6, 6.07) is 13.7. The summed E-state index contributed by atoms with van der Waals surface area (Å²) >= 11 is 6.43. The van der Waals surface area contributed by atoms with Crippen LogP contribution in [0.3, 0.4) is 0 Å². The van der Waals surface area contributed by atoms with Gasteiger partial charge in [0.1, 0.15) is 11.3 Å². The number of benzene rings is 2. The first-order chi connectivity index (χ1) is 19.4. The average molecular weight is 561 g/mol. The van der Waals surface area contributed by atoms with Gasteiger partial charge in [-0.05, 0) is 61.7 Å². The fourth-order valence-electron chi connectivity index (χ4n) is 5.14. The Balaban J connectivity index is 1.51. The number of halogens is 1. The first-order valence-electron chi connectivity index (χ1n) is 13.1. The van der Waals surface area contributed by atoms with Crippen molar-refractivity contribution >= 4 is 23.2 Å². The SMILES string of the molecule is COc1ccc(-c2nc(-c3ccncc3)nn2CCN(C(=O)c2cc(C)ccc2[N+](=O)[O-])C2CCCC2)cc1Cl. The number of aryl methyl sites for hydroxylation is 1. The number of ether oxygens (including phenoxy) is 1. The maximum Gasteiger partial charge on any atom is 0.282 e. The van der Waals surface area contributed by atoms with Gasteiger partial charge in [-0.25, -0.2) is 9.67 Å². The number of nitrogens with zero attached hydrogens (tertiary/aromatic N) is 6. The van der Waals surface area contributed by atoms with Gasteiger partial charge in [-0.2, -0.15) is 5.10 Å². The number of hydrogen-bond donors (Lipinski definition) is 0. The first-order valence-corrected chi connectivity index (χ1v) is 13.5. The number of carbonyl (C=O) groups is 1. The van der Waals surface area contributed by atoms with Crippen LogP contribution in [-0.2, 0) is 6.54 Å². The van der Waals surface area contributed by atoms with Crippen LogP contribution < -0.4 is 4.74 Å². The van der Waals surface area contributed by atoms with E-state index in [-0.39, 0.29) is 23.2 Å². The molecule has 0 spiro atoms. The second-order valence-corrected chi connectivity index (χ2v) is 10.2. The molecule has 0 saturated heterocycles. The number of nitro benzene ring substituents is 1. The number of amides is 1. The van der Waals surface area contributed by atoms with Crippen molar-refractivity contribution in [3.8, 4) is 28.5 Å². The Morgan fingerprint density at radius 1 is 1.12 bits per heavy atom. The average Bonchev–Trinajstić information content (AvgIpc) is 3.64. The molecule has 0 aliphatic heterocycles. The Bertz CT molecular complexity index is 1540.